The molecule has 0 saturated heterocycles. The minimum Gasteiger partial charge on any atom is -0.417 e. The average Bonchev–Trinajstić information content (AvgIpc) is 2.33. The molecule has 0 aromatic heterocycles. The van der Waals surface area contributed by atoms with E-state index in [1.165, 1.54) is 11.1 Å². The van der Waals surface area contributed by atoms with Crippen molar-refractivity contribution in [2.45, 2.75) is 77.9 Å². The predicted molar refractivity (Wildman–Crippen MR) is 96.6 cm³/mol. The highest BCUT2D eigenvalue weighted by atomic mass is 28.4. The van der Waals surface area contributed by atoms with Crippen molar-refractivity contribution in [2.75, 3.05) is 6.61 Å². The second kappa shape index (κ2) is 6.66. The van der Waals surface area contributed by atoms with Crippen molar-refractivity contribution in [1.29, 1.82) is 0 Å². The fourth-order valence-electron chi connectivity index (χ4n) is 1.99. The van der Waals surface area contributed by atoms with E-state index in [-0.39, 0.29) is 5.41 Å². The van der Waals surface area contributed by atoms with Crippen LogP contribution in [-0.4, -0.2) is 14.9 Å². The average molecular weight is 307 g/mol. The molecule has 0 spiro atoms. The molecule has 0 aliphatic heterocycles. The molecule has 0 unspecified atom stereocenters. The largest absolute Gasteiger partial charge is 0.417 e. The normalized spacial score (nSPS) is 13.5. The third-order valence-electron chi connectivity index (χ3n) is 4.70. The van der Waals surface area contributed by atoms with E-state index in [1.807, 2.05) is 0 Å². The van der Waals surface area contributed by atoms with Crippen LogP contribution in [0.2, 0.25) is 18.1 Å². The summed E-state index contributed by atoms with van der Waals surface area (Å²) >= 11 is 0. The molecule has 1 nitrogen and oxygen atoms in total. The van der Waals surface area contributed by atoms with Crippen molar-refractivity contribution in [3.05, 3.63) is 35.4 Å². The van der Waals surface area contributed by atoms with Gasteiger partial charge < -0.3 is 4.43 Å². The minimum absolute atomic E-state index is 0.240. The maximum atomic E-state index is 6.23. The lowest BCUT2D eigenvalue weighted by Gasteiger charge is -2.36. The van der Waals surface area contributed by atoms with E-state index in [1.54, 1.807) is 0 Å². The zero-order valence-electron chi connectivity index (χ0n) is 15.3. The molecule has 1 aromatic carbocycles. The van der Waals surface area contributed by atoms with Crippen LogP contribution in [-0.2, 0) is 16.3 Å². The van der Waals surface area contributed by atoms with Gasteiger partial charge in [-0.3, -0.25) is 0 Å². The van der Waals surface area contributed by atoms with Gasteiger partial charge in [0.05, 0.1) is 0 Å². The summed E-state index contributed by atoms with van der Waals surface area (Å²) < 4.78 is 6.23. The van der Waals surface area contributed by atoms with E-state index in [9.17, 15) is 0 Å². The lowest BCUT2D eigenvalue weighted by atomic mass is 9.86. The standard InChI is InChI=1S/C19H34OSi/c1-18(2,3)17-13-11-16(12-14-17)10-9-15-20-21(7,8)19(4,5)6/h11-14H,9-10,15H2,1-8H3. The maximum absolute atomic E-state index is 6.23. The van der Waals surface area contributed by atoms with Gasteiger partial charge in [-0.2, -0.15) is 0 Å². The Hall–Kier alpha value is -0.603. The number of benzene rings is 1. The van der Waals surface area contributed by atoms with E-state index in [4.69, 9.17) is 4.43 Å². The molecule has 0 aliphatic rings. The summed E-state index contributed by atoms with van der Waals surface area (Å²) in [6.45, 7) is 19.2. The zero-order valence-corrected chi connectivity index (χ0v) is 16.3. The van der Waals surface area contributed by atoms with Crippen molar-refractivity contribution in [3.63, 3.8) is 0 Å². The van der Waals surface area contributed by atoms with E-state index >= 15 is 0 Å². The second-order valence-corrected chi connectivity index (χ2v) is 13.5. The van der Waals surface area contributed by atoms with Gasteiger partial charge in [0.2, 0.25) is 0 Å². The summed E-state index contributed by atoms with van der Waals surface area (Å²) in [4.78, 5) is 0. The van der Waals surface area contributed by atoms with Crippen molar-refractivity contribution < 1.29 is 4.43 Å². The third-order valence-corrected chi connectivity index (χ3v) is 9.24. The van der Waals surface area contributed by atoms with Gasteiger partial charge in [0.15, 0.2) is 8.32 Å². The van der Waals surface area contributed by atoms with E-state index < -0.39 is 8.32 Å². The first kappa shape index (κ1) is 18.4. The number of hydrogen-bond acceptors (Lipinski definition) is 1. The van der Waals surface area contributed by atoms with Crippen LogP contribution in [0.15, 0.2) is 24.3 Å². The fourth-order valence-corrected chi connectivity index (χ4v) is 3.08. The van der Waals surface area contributed by atoms with Gasteiger partial charge in [-0.15, -0.1) is 0 Å². The molecule has 1 rings (SSSR count). The molecule has 2 heteroatoms. The molecule has 21 heavy (non-hydrogen) atoms. The summed E-state index contributed by atoms with van der Waals surface area (Å²) in [7, 11) is -1.58. The molecule has 0 fully saturated rings. The van der Waals surface area contributed by atoms with E-state index in [0.717, 1.165) is 19.4 Å². The van der Waals surface area contributed by atoms with Crippen LogP contribution < -0.4 is 0 Å². The Bertz CT molecular complexity index is 432. The molecule has 0 atom stereocenters. The van der Waals surface area contributed by atoms with Gasteiger partial charge in [-0.25, -0.2) is 0 Å². The monoisotopic (exact) mass is 306 g/mol. The molecule has 0 heterocycles. The smallest absolute Gasteiger partial charge is 0.191 e. The Morgan fingerprint density at radius 1 is 0.905 bits per heavy atom. The van der Waals surface area contributed by atoms with Crippen molar-refractivity contribution >= 4 is 8.32 Å². The first-order valence-electron chi connectivity index (χ1n) is 8.17. The SMILES string of the molecule is CC(C)(C)c1ccc(CCCO[Si](C)(C)C(C)(C)C)cc1. The highest BCUT2D eigenvalue weighted by Crippen LogP contribution is 2.36. The van der Waals surface area contributed by atoms with Gasteiger partial charge in [0, 0.05) is 6.61 Å². The molecule has 0 bridgehead atoms. The Kier molecular flexibility index (Phi) is 5.85. The lowest BCUT2D eigenvalue weighted by molar-refractivity contribution is 0.282. The maximum Gasteiger partial charge on any atom is 0.191 e. The molecule has 0 N–H and O–H groups in total. The minimum atomic E-state index is -1.58. The van der Waals surface area contributed by atoms with Gasteiger partial charge in [-0.1, -0.05) is 65.8 Å². The highest BCUT2D eigenvalue weighted by Gasteiger charge is 2.36. The summed E-state index contributed by atoms with van der Waals surface area (Å²) in [5.41, 5.74) is 3.06. The zero-order chi connectivity index (χ0) is 16.3. The van der Waals surface area contributed by atoms with Crippen molar-refractivity contribution in [1.82, 2.24) is 0 Å². The molecular weight excluding hydrogens is 272 g/mol. The first-order valence-corrected chi connectivity index (χ1v) is 11.1. The highest BCUT2D eigenvalue weighted by molar-refractivity contribution is 6.74. The van der Waals surface area contributed by atoms with Gasteiger partial charge in [-0.05, 0) is 47.5 Å². The summed E-state index contributed by atoms with van der Waals surface area (Å²) in [6, 6.07) is 9.08. The van der Waals surface area contributed by atoms with Gasteiger partial charge >= 0.3 is 0 Å². The van der Waals surface area contributed by atoms with Crippen LogP contribution in [0.3, 0.4) is 0 Å². The predicted octanol–water partition coefficient (Wildman–Crippen LogP) is 5.94. The lowest BCUT2D eigenvalue weighted by Crippen LogP contribution is -2.41. The fraction of sp³-hybridized carbons (Fsp3) is 0.684. The molecule has 0 saturated carbocycles. The second-order valence-electron chi connectivity index (χ2n) is 8.66. The topological polar surface area (TPSA) is 9.23 Å². The summed E-state index contributed by atoms with van der Waals surface area (Å²) in [5, 5.41) is 0.307. The summed E-state index contributed by atoms with van der Waals surface area (Å²) in [5.74, 6) is 0. The Balaban J connectivity index is 2.44. The number of rotatable bonds is 5. The Morgan fingerprint density at radius 2 is 1.43 bits per heavy atom. The van der Waals surface area contributed by atoms with Crippen LogP contribution in [0.1, 0.15) is 59.1 Å². The number of aryl methyl sites for hydroxylation is 1. The third kappa shape index (κ3) is 5.59. The molecule has 120 valence electrons. The van der Waals surface area contributed by atoms with Gasteiger partial charge in [0.1, 0.15) is 0 Å². The molecule has 1 aromatic rings. The van der Waals surface area contributed by atoms with E-state index in [2.05, 4.69) is 78.9 Å². The first-order chi connectivity index (χ1) is 9.43. The molecule has 0 radical (unpaired) electrons. The summed E-state index contributed by atoms with van der Waals surface area (Å²) in [6.07, 6.45) is 2.22. The Labute approximate surface area is 133 Å². The molecular formula is C19H34OSi. The van der Waals surface area contributed by atoms with Crippen LogP contribution >= 0.6 is 0 Å². The van der Waals surface area contributed by atoms with Crippen LogP contribution in [0.25, 0.3) is 0 Å². The quantitative estimate of drug-likeness (QED) is 0.483. The van der Waals surface area contributed by atoms with Crippen molar-refractivity contribution in [2.24, 2.45) is 0 Å². The molecule has 0 amide bonds. The van der Waals surface area contributed by atoms with Crippen LogP contribution in [0.5, 0.6) is 0 Å². The van der Waals surface area contributed by atoms with Crippen molar-refractivity contribution in [3.8, 4) is 0 Å². The van der Waals surface area contributed by atoms with E-state index in [0.29, 0.717) is 5.04 Å². The molecule has 0 aliphatic carbocycles. The van der Waals surface area contributed by atoms with Gasteiger partial charge in [0.25, 0.3) is 0 Å². The van der Waals surface area contributed by atoms with Crippen LogP contribution in [0, 0.1) is 0 Å². The van der Waals surface area contributed by atoms with Crippen LogP contribution in [0.4, 0.5) is 0 Å². The Morgan fingerprint density at radius 3 is 1.86 bits per heavy atom. The number of hydrogen-bond donors (Lipinski definition) is 0.